The molecule has 1 aliphatic heterocycles. The van der Waals surface area contributed by atoms with Gasteiger partial charge in [0, 0.05) is 0 Å². The van der Waals surface area contributed by atoms with Gasteiger partial charge in [-0.15, -0.1) is 0 Å². The highest BCUT2D eigenvalue weighted by Crippen LogP contribution is 2.16. The molecule has 0 amide bonds. The van der Waals surface area contributed by atoms with Crippen molar-refractivity contribution in [1.29, 1.82) is 0 Å². The molecule has 0 aromatic heterocycles. The predicted octanol–water partition coefficient (Wildman–Crippen LogP) is 0.459. The second-order valence-corrected chi connectivity index (χ2v) is 2.81. The van der Waals surface area contributed by atoms with Crippen molar-refractivity contribution in [3.05, 3.63) is 0 Å². The fourth-order valence-corrected chi connectivity index (χ4v) is 1.31. The zero-order chi connectivity index (χ0) is 7.56. The summed E-state index contributed by atoms with van der Waals surface area (Å²) in [5.74, 6) is -0.142. The summed E-state index contributed by atoms with van der Waals surface area (Å²) in [6.45, 7) is 2.96. The van der Waals surface area contributed by atoms with E-state index in [0.29, 0.717) is 5.92 Å². The smallest absolute Gasteiger partial charge is 0.320 e. The zero-order valence-electron chi connectivity index (χ0n) is 6.13. The average Bonchev–Trinajstić information content (AvgIpc) is 2.34. The van der Waals surface area contributed by atoms with Crippen molar-refractivity contribution < 1.29 is 9.90 Å². The van der Waals surface area contributed by atoms with E-state index in [4.69, 9.17) is 5.11 Å². The predicted molar refractivity (Wildman–Crippen MR) is 37.8 cm³/mol. The van der Waals surface area contributed by atoms with Crippen LogP contribution in [0.1, 0.15) is 19.8 Å². The number of carbonyl (C=O) groups is 1. The van der Waals surface area contributed by atoms with Gasteiger partial charge in [-0.3, -0.25) is 4.79 Å². The molecule has 0 unspecified atom stereocenters. The Morgan fingerprint density at radius 1 is 1.80 bits per heavy atom. The van der Waals surface area contributed by atoms with Crippen molar-refractivity contribution in [2.24, 2.45) is 5.92 Å². The largest absolute Gasteiger partial charge is 0.480 e. The standard InChI is InChI=1S/C7H13NO2/c1-2-5-3-6(7(9)10)8-4-5/h5-6,8H,2-4H2,1H3,(H,9,10)/t5-,6+/m1/s1. The zero-order valence-corrected chi connectivity index (χ0v) is 6.13. The summed E-state index contributed by atoms with van der Waals surface area (Å²) in [6, 6.07) is -0.287. The number of aliphatic carboxylic acids is 1. The van der Waals surface area contributed by atoms with E-state index in [1.807, 2.05) is 0 Å². The van der Waals surface area contributed by atoms with Crippen LogP contribution in [0.25, 0.3) is 0 Å². The van der Waals surface area contributed by atoms with Crippen LogP contribution < -0.4 is 5.32 Å². The Bertz CT molecular complexity index is 136. The summed E-state index contributed by atoms with van der Waals surface area (Å²) in [5, 5.41) is 11.5. The minimum absolute atomic E-state index is 0.287. The highest BCUT2D eigenvalue weighted by Gasteiger charge is 2.27. The van der Waals surface area contributed by atoms with Gasteiger partial charge in [-0.25, -0.2) is 0 Å². The molecule has 1 heterocycles. The average molecular weight is 143 g/mol. The molecule has 0 aromatic carbocycles. The third-order valence-electron chi connectivity index (χ3n) is 2.10. The molecular formula is C7H13NO2. The van der Waals surface area contributed by atoms with E-state index < -0.39 is 5.97 Å². The maximum Gasteiger partial charge on any atom is 0.320 e. The topological polar surface area (TPSA) is 49.3 Å². The molecule has 1 rings (SSSR count). The lowest BCUT2D eigenvalue weighted by atomic mass is 10.0. The second-order valence-electron chi connectivity index (χ2n) is 2.81. The van der Waals surface area contributed by atoms with Crippen LogP contribution in [0.4, 0.5) is 0 Å². The van der Waals surface area contributed by atoms with E-state index in [0.717, 1.165) is 19.4 Å². The number of carboxylic acids is 1. The Kier molecular flexibility index (Phi) is 2.27. The SMILES string of the molecule is CC[C@H]1CN[C@H](C(=O)O)C1. The van der Waals surface area contributed by atoms with Crippen LogP contribution in [0.15, 0.2) is 0 Å². The third-order valence-corrected chi connectivity index (χ3v) is 2.10. The summed E-state index contributed by atoms with van der Waals surface area (Å²) < 4.78 is 0. The van der Waals surface area contributed by atoms with Crippen LogP contribution in [-0.2, 0) is 4.79 Å². The minimum Gasteiger partial charge on any atom is -0.480 e. The van der Waals surface area contributed by atoms with Gasteiger partial charge in [0.05, 0.1) is 0 Å². The van der Waals surface area contributed by atoms with Gasteiger partial charge >= 0.3 is 5.97 Å². The van der Waals surface area contributed by atoms with Crippen molar-refractivity contribution in [1.82, 2.24) is 5.32 Å². The molecular weight excluding hydrogens is 130 g/mol. The Labute approximate surface area is 60.4 Å². The Hall–Kier alpha value is -0.570. The van der Waals surface area contributed by atoms with E-state index in [-0.39, 0.29) is 6.04 Å². The number of hydrogen-bond donors (Lipinski definition) is 2. The molecule has 0 radical (unpaired) electrons. The van der Waals surface area contributed by atoms with E-state index >= 15 is 0 Å². The maximum atomic E-state index is 10.4. The molecule has 0 spiro atoms. The molecule has 1 saturated heterocycles. The maximum absolute atomic E-state index is 10.4. The lowest BCUT2D eigenvalue weighted by Gasteiger charge is -2.02. The quantitative estimate of drug-likeness (QED) is 0.590. The number of rotatable bonds is 2. The molecule has 2 N–H and O–H groups in total. The van der Waals surface area contributed by atoms with Gasteiger partial charge in [-0.1, -0.05) is 13.3 Å². The molecule has 0 bridgehead atoms. The van der Waals surface area contributed by atoms with Gasteiger partial charge in [0.25, 0.3) is 0 Å². The minimum atomic E-state index is -0.712. The molecule has 3 nitrogen and oxygen atoms in total. The van der Waals surface area contributed by atoms with Crippen LogP contribution in [0, 0.1) is 5.92 Å². The number of nitrogens with one attached hydrogen (secondary N) is 1. The molecule has 2 atom stereocenters. The first-order valence-electron chi connectivity index (χ1n) is 3.70. The second kappa shape index (κ2) is 3.01. The Morgan fingerprint density at radius 3 is 2.80 bits per heavy atom. The first-order valence-corrected chi connectivity index (χ1v) is 3.70. The van der Waals surface area contributed by atoms with E-state index in [1.54, 1.807) is 0 Å². The Morgan fingerprint density at radius 2 is 2.50 bits per heavy atom. The first kappa shape index (κ1) is 7.54. The molecule has 58 valence electrons. The summed E-state index contributed by atoms with van der Waals surface area (Å²) in [4.78, 5) is 10.4. The van der Waals surface area contributed by atoms with Crippen molar-refractivity contribution >= 4 is 5.97 Å². The molecule has 0 aromatic rings. The number of hydrogen-bond acceptors (Lipinski definition) is 2. The molecule has 10 heavy (non-hydrogen) atoms. The van der Waals surface area contributed by atoms with E-state index in [9.17, 15) is 4.79 Å². The van der Waals surface area contributed by atoms with E-state index in [2.05, 4.69) is 12.2 Å². The van der Waals surface area contributed by atoms with Crippen molar-refractivity contribution in [2.45, 2.75) is 25.8 Å². The van der Waals surface area contributed by atoms with Crippen molar-refractivity contribution in [3.8, 4) is 0 Å². The fourth-order valence-electron chi connectivity index (χ4n) is 1.31. The molecule has 0 aliphatic carbocycles. The summed E-state index contributed by atoms with van der Waals surface area (Å²) in [5.41, 5.74) is 0. The highest BCUT2D eigenvalue weighted by molar-refractivity contribution is 5.73. The van der Waals surface area contributed by atoms with Crippen molar-refractivity contribution in [3.63, 3.8) is 0 Å². The Balaban J connectivity index is 2.35. The van der Waals surface area contributed by atoms with Crippen LogP contribution in [0.3, 0.4) is 0 Å². The monoisotopic (exact) mass is 143 g/mol. The fraction of sp³-hybridized carbons (Fsp3) is 0.857. The normalized spacial score (nSPS) is 32.5. The van der Waals surface area contributed by atoms with Crippen LogP contribution in [-0.4, -0.2) is 23.7 Å². The van der Waals surface area contributed by atoms with Gasteiger partial charge in [0.2, 0.25) is 0 Å². The molecule has 1 aliphatic rings. The lowest BCUT2D eigenvalue weighted by molar-refractivity contribution is -0.139. The van der Waals surface area contributed by atoms with E-state index in [1.165, 1.54) is 0 Å². The van der Waals surface area contributed by atoms with Gasteiger partial charge in [0.1, 0.15) is 6.04 Å². The van der Waals surface area contributed by atoms with Gasteiger partial charge in [0.15, 0.2) is 0 Å². The van der Waals surface area contributed by atoms with Crippen molar-refractivity contribution in [2.75, 3.05) is 6.54 Å². The van der Waals surface area contributed by atoms with Crippen LogP contribution in [0.2, 0.25) is 0 Å². The van der Waals surface area contributed by atoms with Gasteiger partial charge in [-0.05, 0) is 18.9 Å². The summed E-state index contributed by atoms with van der Waals surface area (Å²) >= 11 is 0. The highest BCUT2D eigenvalue weighted by atomic mass is 16.4. The van der Waals surface area contributed by atoms with Gasteiger partial charge in [-0.2, -0.15) is 0 Å². The third kappa shape index (κ3) is 1.48. The summed E-state index contributed by atoms with van der Waals surface area (Å²) in [6.07, 6.45) is 1.88. The first-order chi connectivity index (χ1) is 4.74. The summed E-state index contributed by atoms with van der Waals surface area (Å²) in [7, 11) is 0. The van der Waals surface area contributed by atoms with Crippen LogP contribution in [0.5, 0.6) is 0 Å². The van der Waals surface area contributed by atoms with Crippen LogP contribution >= 0.6 is 0 Å². The molecule has 0 saturated carbocycles. The lowest BCUT2D eigenvalue weighted by Crippen LogP contribution is -2.29. The van der Waals surface area contributed by atoms with Gasteiger partial charge < -0.3 is 10.4 Å². The number of carboxylic acid groups (broad SMARTS) is 1. The molecule has 3 heteroatoms. The molecule has 1 fully saturated rings.